The number of esters is 1. The first-order valence-electron chi connectivity index (χ1n) is 8.76. The van der Waals surface area contributed by atoms with E-state index in [-0.39, 0.29) is 30.1 Å². The molecule has 26 heavy (non-hydrogen) atoms. The van der Waals surface area contributed by atoms with Crippen LogP contribution in [0, 0.1) is 18.3 Å². The lowest BCUT2D eigenvalue weighted by Crippen LogP contribution is -2.46. The van der Waals surface area contributed by atoms with Gasteiger partial charge >= 0.3 is 12.1 Å². The molecular formula is C20H23NO5. The van der Waals surface area contributed by atoms with Crippen molar-refractivity contribution in [3.05, 3.63) is 29.8 Å². The van der Waals surface area contributed by atoms with E-state index in [1.165, 1.54) is 7.11 Å². The van der Waals surface area contributed by atoms with Crippen molar-refractivity contribution in [1.82, 2.24) is 4.90 Å². The number of likely N-dealkylation sites (tertiary alicyclic amines) is 1. The number of nitrogens with zero attached hydrogens (tertiary/aromatic N) is 1. The van der Waals surface area contributed by atoms with Crippen LogP contribution in [0.1, 0.15) is 36.0 Å². The molecule has 1 saturated heterocycles. The molecule has 0 aromatic heterocycles. The van der Waals surface area contributed by atoms with E-state index in [1.807, 2.05) is 0 Å². The monoisotopic (exact) mass is 357 g/mol. The van der Waals surface area contributed by atoms with Gasteiger partial charge in [-0.25, -0.2) is 9.59 Å². The van der Waals surface area contributed by atoms with Crippen LogP contribution in [0.3, 0.4) is 0 Å². The Balaban J connectivity index is 1.76. The van der Waals surface area contributed by atoms with Crippen molar-refractivity contribution in [2.24, 2.45) is 5.92 Å². The van der Waals surface area contributed by atoms with Crippen molar-refractivity contribution in [1.29, 1.82) is 0 Å². The SMILES string of the molecule is C#CC1C[C@H]2[C@@H](OC(=O)c3cccc(OC)c3)CCC[C@H]2N1C(=O)OC. The smallest absolute Gasteiger partial charge is 0.410 e. The second-order valence-corrected chi connectivity index (χ2v) is 6.63. The van der Waals surface area contributed by atoms with E-state index in [4.69, 9.17) is 20.6 Å². The molecule has 1 aromatic rings. The Kier molecular flexibility index (Phi) is 5.36. The number of hydrogen-bond donors (Lipinski definition) is 0. The molecular weight excluding hydrogens is 334 g/mol. The summed E-state index contributed by atoms with van der Waals surface area (Å²) in [5.41, 5.74) is 0.447. The number of fused-ring (bicyclic) bond motifs is 1. The molecule has 138 valence electrons. The fourth-order valence-corrected chi connectivity index (χ4v) is 4.08. The number of carbonyl (C=O) groups excluding carboxylic acids is 2. The molecule has 6 heteroatoms. The number of benzene rings is 1. The Labute approximate surface area is 153 Å². The van der Waals surface area contributed by atoms with E-state index in [1.54, 1.807) is 36.3 Å². The lowest BCUT2D eigenvalue weighted by Gasteiger charge is -2.36. The normalized spacial score (nSPS) is 27.2. The van der Waals surface area contributed by atoms with Gasteiger partial charge in [-0.15, -0.1) is 6.42 Å². The van der Waals surface area contributed by atoms with E-state index in [9.17, 15) is 9.59 Å². The zero-order chi connectivity index (χ0) is 18.7. The van der Waals surface area contributed by atoms with Crippen molar-refractivity contribution >= 4 is 12.1 Å². The number of terminal acetylenes is 1. The quantitative estimate of drug-likeness (QED) is 0.615. The van der Waals surface area contributed by atoms with Crippen LogP contribution in [-0.2, 0) is 9.47 Å². The maximum atomic E-state index is 12.6. The molecule has 1 unspecified atom stereocenters. The van der Waals surface area contributed by atoms with Crippen LogP contribution < -0.4 is 4.74 Å². The van der Waals surface area contributed by atoms with E-state index >= 15 is 0 Å². The van der Waals surface area contributed by atoms with Crippen molar-refractivity contribution in [3.63, 3.8) is 0 Å². The van der Waals surface area contributed by atoms with Gasteiger partial charge in [-0.3, -0.25) is 4.90 Å². The van der Waals surface area contributed by atoms with Crippen molar-refractivity contribution in [2.75, 3.05) is 14.2 Å². The molecule has 0 spiro atoms. The Morgan fingerprint density at radius 1 is 1.27 bits per heavy atom. The first-order valence-corrected chi connectivity index (χ1v) is 8.76. The average Bonchev–Trinajstić information content (AvgIpc) is 3.07. The summed E-state index contributed by atoms with van der Waals surface area (Å²) in [6.07, 6.45) is 8.02. The number of hydrogen-bond acceptors (Lipinski definition) is 5. The van der Waals surface area contributed by atoms with E-state index in [2.05, 4.69) is 5.92 Å². The van der Waals surface area contributed by atoms with Crippen LogP contribution in [0.4, 0.5) is 4.79 Å². The number of methoxy groups -OCH3 is 2. The van der Waals surface area contributed by atoms with Crippen molar-refractivity contribution < 1.29 is 23.8 Å². The van der Waals surface area contributed by atoms with E-state index < -0.39 is 6.09 Å². The molecule has 2 fully saturated rings. The molecule has 1 aliphatic heterocycles. The highest BCUT2D eigenvalue weighted by Gasteiger charge is 2.49. The lowest BCUT2D eigenvalue weighted by atomic mass is 9.82. The predicted octanol–water partition coefficient (Wildman–Crippen LogP) is 2.86. The molecule has 0 bridgehead atoms. The van der Waals surface area contributed by atoms with Crippen molar-refractivity contribution in [3.8, 4) is 18.1 Å². The second kappa shape index (κ2) is 7.69. The van der Waals surface area contributed by atoms with Crippen LogP contribution >= 0.6 is 0 Å². The standard InChI is InChI=1S/C20H23NO5/c1-4-14-12-16-17(21(14)20(23)25-3)9-6-10-18(16)26-19(22)13-7-5-8-15(11-13)24-2/h1,5,7-8,11,14,16-18H,6,9-10,12H2,2-3H3/t14?,16-,17-,18+/m1/s1. The summed E-state index contributed by atoms with van der Waals surface area (Å²) >= 11 is 0. The first-order chi connectivity index (χ1) is 12.6. The Morgan fingerprint density at radius 3 is 2.77 bits per heavy atom. The summed E-state index contributed by atoms with van der Waals surface area (Å²) in [6.45, 7) is 0. The third kappa shape index (κ3) is 3.34. The molecule has 1 aromatic carbocycles. The highest BCUT2D eigenvalue weighted by Crippen LogP contribution is 2.41. The average molecular weight is 357 g/mol. The molecule has 0 radical (unpaired) electrons. The van der Waals surface area contributed by atoms with Gasteiger partial charge in [0.25, 0.3) is 0 Å². The zero-order valence-electron chi connectivity index (χ0n) is 15.0. The number of rotatable bonds is 3. The van der Waals surface area contributed by atoms with Crippen LogP contribution in [0.15, 0.2) is 24.3 Å². The number of carbonyl (C=O) groups is 2. The summed E-state index contributed by atoms with van der Waals surface area (Å²) in [5, 5.41) is 0. The van der Waals surface area contributed by atoms with Gasteiger partial charge in [0.05, 0.1) is 25.8 Å². The topological polar surface area (TPSA) is 65.1 Å². The molecule has 2 aliphatic rings. The molecule has 0 N–H and O–H groups in total. The van der Waals surface area contributed by atoms with Crippen LogP contribution in [0.5, 0.6) is 5.75 Å². The van der Waals surface area contributed by atoms with Gasteiger partial charge in [0.1, 0.15) is 11.9 Å². The van der Waals surface area contributed by atoms with Gasteiger partial charge in [0.15, 0.2) is 0 Å². The maximum absolute atomic E-state index is 12.6. The van der Waals surface area contributed by atoms with Gasteiger partial charge in [-0.2, -0.15) is 0 Å². The minimum atomic E-state index is -0.416. The summed E-state index contributed by atoms with van der Waals surface area (Å²) in [4.78, 5) is 26.3. The fourth-order valence-electron chi connectivity index (χ4n) is 4.08. The van der Waals surface area contributed by atoms with Crippen LogP contribution in [0.25, 0.3) is 0 Å². The van der Waals surface area contributed by atoms with Gasteiger partial charge in [0.2, 0.25) is 0 Å². The number of ether oxygens (including phenoxy) is 3. The van der Waals surface area contributed by atoms with Gasteiger partial charge in [-0.1, -0.05) is 12.0 Å². The number of amides is 1. The molecule has 3 rings (SSSR count). The molecule has 4 atom stereocenters. The molecule has 6 nitrogen and oxygen atoms in total. The largest absolute Gasteiger partial charge is 0.497 e. The summed E-state index contributed by atoms with van der Waals surface area (Å²) in [7, 11) is 2.91. The Hall–Kier alpha value is -2.68. The summed E-state index contributed by atoms with van der Waals surface area (Å²) in [6, 6.07) is 6.50. The van der Waals surface area contributed by atoms with Crippen molar-refractivity contribution in [2.45, 2.75) is 43.9 Å². The molecule has 1 amide bonds. The Morgan fingerprint density at radius 2 is 2.08 bits per heavy atom. The minimum Gasteiger partial charge on any atom is -0.497 e. The molecule has 1 heterocycles. The fraction of sp³-hybridized carbons (Fsp3) is 0.500. The van der Waals surface area contributed by atoms with Gasteiger partial charge in [-0.05, 0) is 43.9 Å². The zero-order valence-corrected chi connectivity index (χ0v) is 15.0. The van der Waals surface area contributed by atoms with Crippen LogP contribution in [-0.4, -0.2) is 49.4 Å². The summed E-state index contributed by atoms with van der Waals surface area (Å²) in [5.74, 6) is 2.92. The van der Waals surface area contributed by atoms with Gasteiger partial charge < -0.3 is 14.2 Å². The third-order valence-electron chi connectivity index (χ3n) is 5.29. The molecule has 1 aliphatic carbocycles. The molecule has 1 saturated carbocycles. The van der Waals surface area contributed by atoms with Crippen LogP contribution in [0.2, 0.25) is 0 Å². The second-order valence-electron chi connectivity index (χ2n) is 6.63. The minimum absolute atomic E-state index is 0.0263. The highest BCUT2D eigenvalue weighted by molar-refractivity contribution is 5.90. The summed E-state index contributed by atoms with van der Waals surface area (Å²) < 4.78 is 15.9. The first kappa shape index (κ1) is 18.1. The van der Waals surface area contributed by atoms with E-state index in [0.717, 1.165) is 19.3 Å². The maximum Gasteiger partial charge on any atom is 0.410 e. The predicted molar refractivity (Wildman–Crippen MR) is 94.8 cm³/mol. The third-order valence-corrected chi connectivity index (χ3v) is 5.29. The lowest BCUT2D eigenvalue weighted by molar-refractivity contribution is -0.00731. The van der Waals surface area contributed by atoms with E-state index in [0.29, 0.717) is 17.7 Å². The Bertz CT molecular complexity index is 725. The highest BCUT2D eigenvalue weighted by atomic mass is 16.5. The van der Waals surface area contributed by atoms with Gasteiger partial charge in [0, 0.05) is 12.0 Å².